The number of rotatable bonds is 4. The molecule has 0 aliphatic rings. The van der Waals surface area contributed by atoms with Gasteiger partial charge >= 0.3 is 0 Å². The molecule has 3 aromatic rings. The van der Waals surface area contributed by atoms with Gasteiger partial charge in [-0.2, -0.15) is 5.26 Å². The molecule has 0 saturated carbocycles. The molecule has 6 heteroatoms. The van der Waals surface area contributed by atoms with E-state index in [9.17, 15) is 4.79 Å². The lowest BCUT2D eigenvalue weighted by Crippen LogP contribution is -2.15. The average molecular weight is 357 g/mol. The molecule has 1 heterocycles. The highest BCUT2D eigenvalue weighted by Gasteiger charge is 2.11. The van der Waals surface area contributed by atoms with Crippen molar-refractivity contribution in [2.75, 3.05) is 10.6 Å². The molecular weight excluding hydrogens is 338 g/mol. The topological polar surface area (TPSA) is 90.7 Å². The van der Waals surface area contributed by atoms with E-state index in [0.717, 1.165) is 5.69 Å². The summed E-state index contributed by atoms with van der Waals surface area (Å²) in [5.74, 6) is 0.706. The van der Waals surface area contributed by atoms with Crippen LogP contribution in [0.4, 0.5) is 17.2 Å². The van der Waals surface area contributed by atoms with Gasteiger partial charge in [-0.25, -0.2) is 9.97 Å². The molecular formula is C21H19N5O. The summed E-state index contributed by atoms with van der Waals surface area (Å²) in [7, 11) is 0. The smallest absolute Gasteiger partial charge is 0.274 e. The second-order valence-electron chi connectivity index (χ2n) is 6.25. The van der Waals surface area contributed by atoms with Crippen LogP contribution in [0, 0.1) is 32.1 Å². The van der Waals surface area contributed by atoms with E-state index in [0.29, 0.717) is 22.9 Å². The molecule has 134 valence electrons. The number of carbonyl (C=O) groups excluding carboxylic acids is 1. The maximum absolute atomic E-state index is 12.5. The zero-order valence-electron chi connectivity index (χ0n) is 15.4. The van der Waals surface area contributed by atoms with E-state index < -0.39 is 0 Å². The fourth-order valence-electron chi connectivity index (χ4n) is 2.54. The molecule has 0 bridgehead atoms. The zero-order valence-corrected chi connectivity index (χ0v) is 15.4. The van der Waals surface area contributed by atoms with Crippen LogP contribution in [0.5, 0.6) is 0 Å². The molecule has 0 aliphatic carbocycles. The molecule has 0 radical (unpaired) electrons. The summed E-state index contributed by atoms with van der Waals surface area (Å²) >= 11 is 0. The van der Waals surface area contributed by atoms with Gasteiger partial charge in [-0.15, -0.1) is 0 Å². The fourth-order valence-corrected chi connectivity index (χ4v) is 2.54. The lowest BCUT2D eigenvalue weighted by Gasteiger charge is -2.10. The van der Waals surface area contributed by atoms with E-state index in [1.807, 2.05) is 31.2 Å². The van der Waals surface area contributed by atoms with Crippen molar-refractivity contribution in [3.8, 4) is 6.07 Å². The zero-order chi connectivity index (χ0) is 19.4. The standard InChI is InChI=1S/C21H19N5O/c1-13-4-7-18(10-14(13)2)25-20-11-19(23-15(3)24-20)21(27)26-17-8-5-16(12-22)6-9-17/h4-11H,1-3H3,(H,26,27)(H,23,24,25). The van der Waals surface area contributed by atoms with Gasteiger partial charge in [-0.05, 0) is 68.3 Å². The van der Waals surface area contributed by atoms with Crippen molar-refractivity contribution in [2.24, 2.45) is 0 Å². The molecule has 3 rings (SSSR count). The van der Waals surface area contributed by atoms with Gasteiger partial charge < -0.3 is 10.6 Å². The fraction of sp³-hybridized carbons (Fsp3) is 0.143. The van der Waals surface area contributed by atoms with E-state index in [1.54, 1.807) is 37.3 Å². The monoisotopic (exact) mass is 357 g/mol. The third-order valence-corrected chi connectivity index (χ3v) is 4.12. The Balaban J connectivity index is 1.80. The number of anilines is 3. The van der Waals surface area contributed by atoms with Gasteiger partial charge in [0.05, 0.1) is 11.6 Å². The van der Waals surface area contributed by atoms with Crippen LogP contribution < -0.4 is 10.6 Å². The van der Waals surface area contributed by atoms with Crippen molar-refractivity contribution < 1.29 is 4.79 Å². The van der Waals surface area contributed by atoms with Crippen molar-refractivity contribution in [3.05, 3.63) is 76.7 Å². The summed E-state index contributed by atoms with van der Waals surface area (Å²) in [6.45, 7) is 5.84. The van der Waals surface area contributed by atoms with Crippen LogP contribution in [-0.4, -0.2) is 15.9 Å². The van der Waals surface area contributed by atoms with Crippen molar-refractivity contribution >= 4 is 23.1 Å². The van der Waals surface area contributed by atoms with Crippen molar-refractivity contribution in [1.82, 2.24) is 9.97 Å². The lowest BCUT2D eigenvalue weighted by atomic mass is 10.1. The molecule has 0 fully saturated rings. The summed E-state index contributed by atoms with van der Waals surface area (Å²) in [4.78, 5) is 21.1. The number of aryl methyl sites for hydroxylation is 3. The van der Waals surface area contributed by atoms with Gasteiger partial charge in [-0.3, -0.25) is 4.79 Å². The minimum atomic E-state index is -0.339. The molecule has 1 aromatic heterocycles. The molecule has 0 saturated heterocycles. The van der Waals surface area contributed by atoms with Crippen molar-refractivity contribution in [3.63, 3.8) is 0 Å². The van der Waals surface area contributed by atoms with Gasteiger partial charge in [0, 0.05) is 17.4 Å². The summed E-state index contributed by atoms with van der Waals surface area (Å²) in [6.07, 6.45) is 0. The average Bonchev–Trinajstić information content (AvgIpc) is 2.65. The third-order valence-electron chi connectivity index (χ3n) is 4.12. The minimum absolute atomic E-state index is 0.262. The molecule has 27 heavy (non-hydrogen) atoms. The minimum Gasteiger partial charge on any atom is -0.340 e. The predicted molar refractivity (Wildman–Crippen MR) is 105 cm³/mol. The first-order valence-corrected chi connectivity index (χ1v) is 8.46. The highest BCUT2D eigenvalue weighted by Crippen LogP contribution is 2.19. The number of hydrogen-bond acceptors (Lipinski definition) is 5. The molecule has 0 aliphatic heterocycles. The van der Waals surface area contributed by atoms with E-state index in [-0.39, 0.29) is 11.6 Å². The second-order valence-corrected chi connectivity index (χ2v) is 6.25. The first-order valence-electron chi connectivity index (χ1n) is 8.46. The second kappa shape index (κ2) is 7.67. The Hall–Kier alpha value is -3.72. The van der Waals surface area contributed by atoms with Gasteiger partial charge in [0.25, 0.3) is 5.91 Å². The number of nitrogens with zero attached hydrogens (tertiary/aromatic N) is 3. The van der Waals surface area contributed by atoms with E-state index in [2.05, 4.69) is 27.5 Å². The molecule has 1 amide bonds. The van der Waals surface area contributed by atoms with Crippen LogP contribution in [-0.2, 0) is 0 Å². The Labute approximate surface area is 157 Å². The first-order chi connectivity index (χ1) is 12.9. The highest BCUT2D eigenvalue weighted by molar-refractivity contribution is 6.03. The van der Waals surface area contributed by atoms with Crippen LogP contribution in [0.2, 0.25) is 0 Å². The largest absolute Gasteiger partial charge is 0.340 e. The van der Waals surface area contributed by atoms with Crippen molar-refractivity contribution in [2.45, 2.75) is 20.8 Å². The van der Waals surface area contributed by atoms with Crippen LogP contribution in [0.25, 0.3) is 0 Å². The van der Waals surface area contributed by atoms with Gasteiger partial charge in [-0.1, -0.05) is 6.07 Å². The van der Waals surface area contributed by atoms with Crippen LogP contribution >= 0.6 is 0 Å². The maximum atomic E-state index is 12.5. The normalized spacial score (nSPS) is 10.1. The van der Waals surface area contributed by atoms with Crippen LogP contribution in [0.1, 0.15) is 33.0 Å². The molecule has 0 atom stereocenters. The highest BCUT2D eigenvalue weighted by atomic mass is 16.1. The molecule has 0 spiro atoms. The van der Waals surface area contributed by atoms with E-state index in [4.69, 9.17) is 5.26 Å². The van der Waals surface area contributed by atoms with Gasteiger partial charge in [0.15, 0.2) is 0 Å². The maximum Gasteiger partial charge on any atom is 0.274 e. The Morgan fingerprint density at radius 2 is 1.63 bits per heavy atom. The Morgan fingerprint density at radius 3 is 2.30 bits per heavy atom. The number of hydrogen-bond donors (Lipinski definition) is 2. The van der Waals surface area contributed by atoms with Crippen molar-refractivity contribution in [1.29, 1.82) is 5.26 Å². The van der Waals surface area contributed by atoms with E-state index in [1.165, 1.54) is 11.1 Å². The van der Waals surface area contributed by atoms with E-state index >= 15 is 0 Å². The number of nitriles is 1. The summed E-state index contributed by atoms with van der Waals surface area (Å²) in [6, 6.07) is 16.3. The molecule has 2 aromatic carbocycles. The van der Waals surface area contributed by atoms with Crippen LogP contribution in [0.3, 0.4) is 0 Å². The predicted octanol–water partition coefficient (Wildman–Crippen LogP) is 4.27. The quantitative estimate of drug-likeness (QED) is 0.728. The molecule has 2 N–H and O–H groups in total. The number of aromatic nitrogens is 2. The van der Waals surface area contributed by atoms with Gasteiger partial charge in [0.1, 0.15) is 17.3 Å². The Kier molecular flexibility index (Phi) is 5.13. The third kappa shape index (κ3) is 4.47. The molecule has 6 nitrogen and oxygen atoms in total. The van der Waals surface area contributed by atoms with Gasteiger partial charge in [0.2, 0.25) is 0 Å². The Bertz CT molecular complexity index is 1040. The lowest BCUT2D eigenvalue weighted by molar-refractivity contribution is 0.102. The summed E-state index contributed by atoms with van der Waals surface area (Å²) < 4.78 is 0. The number of amides is 1. The number of nitrogens with one attached hydrogen (secondary N) is 2. The SMILES string of the molecule is Cc1nc(Nc2ccc(C)c(C)c2)cc(C(=O)Nc2ccc(C#N)cc2)n1. The van der Waals surface area contributed by atoms with Crippen LogP contribution in [0.15, 0.2) is 48.5 Å². The number of carbonyl (C=O) groups is 1. The summed E-state index contributed by atoms with van der Waals surface area (Å²) in [5.41, 5.74) is 4.67. The number of benzene rings is 2. The molecule has 0 unspecified atom stereocenters. The summed E-state index contributed by atoms with van der Waals surface area (Å²) in [5, 5.41) is 14.8. The Morgan fingerprint density at radius 1 is 0.926 bits per heavy atom. The first kappa shape index (κ1) is 18.1.